The van der Waals surface area contributed by atoms with E-state index in [1.807, 2.05) is 0 Å². The molecule has 1 aromatic carbocycles. The van der Waals surface area contributed by atoms with Crippen LogP contribution in [0.25, 0.3) is 0 Å². The molecule has 10 heteroatoms. The smallest absolute Gasteiger partial charge is 0.478 e. The second kappa shape index (κ2) is 5.54. The number of carboxylic acids is 1. The van der Waals surface area contributed by atoms with Gasteiger partial charge in [0.1, 0.15) is 11.6 Å². The first-order valence-electron chi connectivity index (χ1n) is 4.87. The van der Waals surface area contributed by atoms with Crippen LogP contribution >= 0.6 is 0 Å². The third-order valence-corrected chi connectivity index (χ3v) is 2.35. The molecule has 0 fully saturated rings. The van der Waals surface area contributed by atoms with Crippen LogP contribution in [0.5, 0.6) is 5.75 Å². The van der Waals surface area contributed by atoms with Crippen molar-refractivity contribution in [3.8, 4) is 11.8 Å². The first-order valence-corrected chi connectivity index (χ1v) is 6.18. The van der Waals surface area contributed by atoms with Crippen molar-refractivity contribution in [2.45, 2.75) is 6.92 Å². The fourth-order valence-electron chi connectivity index (χ4n) is 1.31. The number of hydrogen-bond acceptors (Lipinski definition) is 6. The van der Waals surface area contributed by atoms with Gasteiger partial charge >= 0.3 is 16.5 Å². The number of halogens is 1. The second-order valence-electron chi connectivity index (χ2n) is 3.47. The number of hydrogen-bond donors (Lipinski definition) is 2. The number of amides is 1. The Morgan fingerprint density at radius 3 is 2.45 bits per heavy atom. The van der Waals surface area contributed by atoms with E-state index in [9.17, 15) is 21.9 Å². The van der Waals surface area contributed by atoms with Crippen LogP contribution in [0.3, 0.4) is 0 Å². The molecule has 2 N–H and O–H groups in total. The summed E-state index contributed by atoms with van der Waals surface area (Å²) in [7, 11) is -5.46. The van der Waals surface area contributed by atoms with Gasteiger partial charge in [0.2, 0.25) is 5.91 Å². The zero-order valence-corrected chi connectivity index (χ0v) is 10.7. The van der Waals surface area contributed by atoms with E-state index in [1.165, 1.54) is 0 Å². The van der Waals surface area contributed by atoms with Gasteiger partial charge in [0, 0.05) is 13.0 Å². The molecule has 0 radical (unpaired) electrons. The molecule has 0 unspecified atom stereocenters. The maximum Gasteiger partial charge on any atom is 0.488 e. The molecule has 106 valence electrons. The van der Waals surface area contributed by atoms with Crippen molar-refractivity contribution < 1.29 is 31.2 Å². The Kier molecular flexibility index (Phi) is 4.26. The first kappa shape index (κ1) is 15.4. The average molecular weight is 302 g/mol. The van der Waals surface area contributed by atoms with Gasteiger partial charge in [0.05, 0.1) is 11.3 Å². The van der Waals surface area contributed by atoms with Crippen LogP contribution in [0.4, 0.5) is 9.57 Å². The summed E-state index contributed by atoms with van der Waals surface area (Å²) in [5.74, 6) is -3.09. The summed E-state index contributed by atoms with van der Waals surface area (Å²) in [6.45, 7) is 1.11. The Hall–Kier alpha value is -2.67. The van der Waals surface area contributed by atoms with Crippen molar-refractivity contribution in [2.75, 3.05) is 5.32 Å². The van der Waals surface area contributed by atoms with Gasteiger partial charge < -0.3 is 14.6 Å². The first-order chi connectivity index (χ1) is 9.14. The molecule has 1 aromatic rings. The van der Waals surface area contributed by atoms with Gasteiger partial charge in [0.15, 0.2) is 5.75 Å². The van der Waals surface area contributed by atoms with Crippen molar-refractivity contribution in [2.24, 2.45) is 0 Å². The normalized spacial score (nSPS) is 10.4. The van der Waals surface area contributed by atoms with E-state index in [1.54, 1.807) is 6.07 Å². The fourth-order valence-corrected chi connectivity index (χ4v) is 1.66. The van der Waals surface area contributed by atoms with Crippen LogP contribution in [0.1, 0.15) is 22.8 Å². The number of nitrogens with one attached hydrogen (secondary N) is 1. The van der Waals surface area contributed by atoms with Crippen LogP contribution in [-0.2, 0) is 15.3 Å². The second-order valence-corrected chi connectivity index (χ2v) is 4.42. The monoisotopic (exact) mass is 302 g/mol. The average Bonchev–Trinajstić information content (AvgIpc) is 2.25. The van der Waals surface area contributed by atoms with E-state index < -0.39 is 33.7 Å². The highest BCUT2D eigenvalue weighted by Gasteiger charge is 2.21. The van der Waals surface area contributed by atoms with Crippen molar-refractivity contribution in [1.29, 1.82) is 5.26 Å². The number of carboxylic acid groups (broad SMARTS) is 1. The van der Waals surface area contributed by atoms with Gasteiger partial charge in [0.25, 0.3) is 0 Å². The number of carbonyl (C=O) groups excluding carboxylic acids is 1. The lowest BCUT2D eigenvalue weighted by Gasteiger charge is -2.10. The molecular weight excluding hydrogens is 295 g/mol. The molecule has 0 aliphatic carbocycles. The zero-order chi connectivity index (χ0) is 15.5. The predicted molar refractivity (Wildman–Crippen MR) is 63.1 cm³/mol. The van der Waals surface area contributed by atoms with Crippen molar-refractivity contribution in [3.63, 3.8) is 0 Å². The third kappa shape index (κ3) is 3.92. The van der Waals surface area contributed by atoms with Crippen molar-refractivity contribution >= 4 is 28.1 Å². The highest BCUT2D eigenvalue weighted by molar-refractivity contribution is 7.81. The Morgan fingerprint density at radius 1 is 1.45 bits per heavy atom. The van der Waals surface area contributed by atoms with E-state index in [0.29, 0.717) is 0 Å². The van der Waals surface area contributed by atoms with Gasteiger partial charge in [-0.1, -0.05) is 3.89 Å². The molecule has 0 aliphatic rings. The highest BCUT2D eigenvalue weighted by Crippen LogP contribution is 2.28. The molecular formula is C10H7FN2O6S. The summed E-state index contributed by atoms with van der Waals surface area (Å²) in [5.41, 5.74) is -1.19. The number of nitriles is 1. The minimum absolute atomic E-state index is 0.205. The lowest BCUT2D eigenvalue weighted by atomic mass is 10.1. The zero-order valence-electron chi connectivity index (χ0n) is 9.88. The molecule has 0 saturated heterocycles. The topological polar surface area (TPSA) is 134 Å². The van der Waals surface area contributed by atoms with Crippen LogP contribution in [0, 0.1) is 11.3 Å². The van der Waals surface area contributed by atoms with Crippen LogP contribution in [0.2, 0.25) is 0 Å². The minimum Gasteiger partial charge on any atom is -0.478 e. The molecule has 20 heavy (non-hydrogen) atoms. The summed E-state index contributed by atoms with van der Waals surface area (Å²) < 4.78 is 37.2. The van der Waals surface area contributed by atoms with Crippen LogP contribution in [-0.4, -0.2) is 25.4 Å². The molecule has 0 atom stereocenters. The van der Waals surface area contributed by atoms with Gasteiger partial charge in [-0.2, -0.15) is 13.7 Å². The molecule has 0 heterocycles. The van der Waals surface area contributed by atoms with Crippen LogP contribution in [0.15, 0.2) is 12.1 Å². The number of nitrogens with zero attached hydrogens (tertiary/aromatic N) is 1. The molecule has 0 aliphatic heterocycles. The Labute approximate surface area is 112 Å². The highest BCUT2D eigenvalue weighted by atomic mass is 32.3. The van der Waals surface area contributed by atoms with Crippen molar-refractivity contribution in [3.05, 3.63) is 23.3 Å². The van der Waals surface area contributed by atoms with Crippen LogP contribution < -0.4 is 9.50 Å². The van der Waals surface area contributed by atoms with Gasteiger partial charge in [-0.3, -0.25) is 4.79 Å². The molecule has 0 bridgehead atoms. The summed E-state index contributed by atoms with van der Waals surface area (Å²) in [4.78, 5) is 21.8. The standard InChI is InChI=1S/C10H7FN2O6S/c1-5(14)13-8-3-9(19-20(11,17)18)7(10(15)16)2-6(8)4-12/h2-3H,1H3,(H,13,14)(H,15,16). The number of carbonyl (C=O) groups is 2. The van der Waals surface area contributed by atoms with E-state index in [2.05, 4.69) is 9.50 Å². The minimum atomic E-state index is -5.46. The number of benzene rings is 1. The van der Waals surface area contributed by atoms with E-state index in [-0.39, 0.29) is 11.3 Å². The van der Waals surface area contributed by atoms with Crippen molar-refractivity contribution in [1.82, 2.24) is 0 Å². The third-order valence-electron chi connectivity index (χ3n) is 1.97. The Balaban J connectivity index is 3.51. The number of rotatable bonds is 4. The maximum atomic E-state index is 12.5. The molecule has 1 amide bonds. The fraction of sp³-hybridized carbons (Fsp3) is 0.100. The largest absolute Gasteiger partial charge is 0.488 e. The molecule has 8 nitrogen and oxygen atoms in total. The summed E-state index contributed by atoms with van der Waals surface area (Å²) in [6.07, 6.45) is 0. The van der Waals surface area contributed by atoms with E-state index in [4.69, 9.17) is 10.4 Å². The molecule has 0 saturated carbocycles. The Bertz CT molecular complexity index is 722. The predicted octanol–water partition coefficient (Wildman–Crippen LogP) is 0.808. The number of aromatic carboxylic acids is 1. The van der Waals surface area contributed by atoms with Gasteiger partial charge in [-0.25, -0.2) is 4.79 Å². The lowest BCUT2D eigenvalue weighted by molar-refractivity contribution is -0.114. The summed E-state index contributed by atoms with van der Waals surface area (Å²) in [6, 6.07) is 3.10. The van der Waals surface area contributed by atoms with Gasteiger partial charge in [-0.05, 0) is 6.07 Å². The SMILES string of the molecule is CC(=O)Nc1cc(OS(=O)(=O)F)c(C(=O)O)cc1C#N. The lowest BCUT2D eigenvalue weighted by Crippen LogP contribution is -2.11. The molecule has 0 spiro atoms. The molecule has 0 aromatic heterocycles. The summed E-state index contributed by atoms with van der Waals surface area (Å²) in [5, 5.41) is 19.9. The summed E-state index contributed by atoms with van der Waals surface area (Å²) >= 11 is 0. The molecule has 1 rings (SSSR count). The van der Waals surface area contributed by atoms with Gasteiger partial charge in [-0.15, -0.1) is 0 Å². The Morgan fingerprint density at radius 2 is 2.05 bits per heavy atom. The maximum absolute atomic E-state index is 12.5. The van der Waals surface area contributed by atoms with E-state index >= 15 is 0 Å². The van der Waals surface area contributed by atoms with E-state index in [0.717, 1.165) is 19.1 Å². The quantitative estimate of drug-likeness (QED) is 0.786. The number of anilines is 1.